The number of thioether (sulfide) groups is 1. The lowest BCUT2D eigenvalue weighted by atomic mass is 10.00. The molecule has 5 rings (SSSR count). The quantitative estimate of drug-likeness (QED) is 0.0395. The molecule has 15 heteroatoms. The van der Waals surface area contributed by atoms with Crippen LogP contribution >= 0.6 is 23.4 Å². The van der Waals surface area contributed by atoms with E-state index in [1.807, 2.05) is 97.9 Å². The molecule has 0 fully saturated rings. The summed E-state index contributed by atoms with van der Waals surface area (Å²) in [5.41, 5.74) is 1.44. The minimum atomic E-state index is -5.25. The van der Waals surface area contributed by atoms with Crippen molar-refractivity contribution in [1.29, 1.82) is 0 Å². The van der Waals surface area contributed by atoms with Gasteiger partial charge in [0.25, 0.3) is 15.9 Å². The van der Waals surface area contributed by atoms with Crippen LogP contribution in [-0.4, -0.2) is 64.7 Å². The number of halogens is 5. The van der Waals surface area contributed by atoms with Gasteiger partial charge in [-0.25, -0.2) is 17.5 Å². The molecule has 0 heterocycles. The first-order chi connectivity index (χ1) is 26.7. The van der Waals surface area contributed by atoms with E-state index in [4.69, 9.17) is 11.6 Å². The maximum Gasteiger partial charge on any atom is 0.421 e. The van der Waals surface area contributed by atoms with Crippen molar-refractivity contribution >= 4 is 50.7 Å². The number of anilines is 2. The van der Waals surface area contributed by atoms with E-state index in [1.165, 1.54) is 23.9 Å². The maximum absolute atomic E-state index is 15.7. The predicted molar refractivity (Wildman–Crippen MR) is 217 cm³/mol. The van der Waals surface area contributed by atoms with Gasteiger partial charge in [0.05, 0.1) is 0 Å². The molecule has 56 heavy (non-hydrogen) atoms. The molecule has 0 bridgehead atoms. The lowest BCUT2D eigenvalue weighted by molar-refractivity contribution is -0.139. The summed E-state index contributed by atoms with van der Waals surface area (Å²) < 4.78 is 86.9. The normalized spacial score (nSPS) is 12.4. The number of rotatable bonds is 18. The first-order valence-corrected chi connectivity index (χ1v) is 20.5. The van der Waals surface area contributed by atoms with Crippen LogP contribution in [0, 0.1) is 5.82 Å². The molecule has 5 aromatic rings. The third-order valence-corrected chi connectivity index (χ3v) is 11.4. The Balaban J connectivity index is 1.20. The van der Waals surface area contributed by atoms with Gasteiger partial charge in [0.15, 0.2) is 5.82 Å². The minimum Gasteiger partial charge on any atom is -0.384 e. The molecule has 0 radical (unpaired) electrons. The monoisotopic (exact) mass is 827 g/mol. The van der Waals surface area contributed by atoms with Crippen molar-refractivity contribution in [3.63, 3.8) is 0 Å². The molecule has 1 amide bonds. The van der Waals surface area contributed by atoms with Crippen LogP contribution in [0.25, 0.3) is 11.1 Å². The SMILES string of the molecule is CN(C)CC[C@H](CSc1ccccc1)Nc1ccc(S(=O)(=O)NC(=O)c2ccc(NCCNCc3ccccc3-c3ccc(Cl)cc3)cc2)c(F)c1C(F)(F)F. The molecule has 0 aromatic heterocycles. The van der Waals surface area contributed by atoms with Gasteiger partial charge in [-0.3, -0.25) is 4.79 Å². The van der Waals surface area contributed by atoms with Gasteiger partial charge in [-0.1, -0.05) is 66.2 Å². The van der Waals surface area contributed by atoms with Crippen molar-refractivity contribution in [2.75, 3.05) is 50.1 Å². The zero-order chi connectivity index (χ0) is 40.3. The van der Waals surface area contributed by atoms with Crippen molar-refractivity contribution in [2.45, 2.75) is 35.0 Å². The number of nitrogens with one attached hydrogen (secondary N) is 4. The van der Waals surface area contributed by atoms with Crippen LogP contribution in [-0.2, 0) is 22.7 Å². The first-order valence-electron chi connectivity index (χ1n) is 17.7. The summed E-state index contributed by atoms with van der Waals surface area (Å²) in [4.78, 5) is 14.4. The van der Waals surface area contributed by atoms with Crippen LogP contribution in [0.5, 0.6) is 0 Å². The zero-order valence-electron chi connectivity index (χ0n) is 30.7. The van der Waals surface area contributed by atoms with Crippen LogP contribution in [0.1, 0.15) is 27.9 Å². The third-order valence-electron chi connectivity index (χ3n) is 8.65. The third kappa shape index (κ3) is 12.0. The summed E-state index contributed by atoms with van der Waals surface area (Å²) in [6.07, 6.45) is -4.82. The summed E-state index contributed by atoms with van der Waals surface area (Å²) >= 11 is 7.47. The van der Waals surface area contributed by atoms with Crippen LogP contribution in [0.2, 0.25) is 5.02 Å². The van der Waals surface area contributed by atoms with Gasteiger partial charge in [0.1, 0.15) is 10.5 Å². The Kier molecular flexibility index (Phi) is 14.8. The van der Waals surface area contributed by atoms with E-state index in [9.17, 15) is 26.4 Å². The van der Waals surface area contributed by atoms with Crippen LogP contribution in [0.3, 0.4) is 0 Å². The van der Waals surface area contributed by atoms with E-state index >= 15 is 4.39 Å². The fraction of sp³-hybridized carbons (Fsp3) is 0.244. The average molecular weight is 828 g/mol. The molecular weight excluding hydrogens is 786 g/mol. The van der Waals surface area contributed by atoms with Crippen molar-refractivity contribution in [2.24, 2.45) is 0 Å². The Morgan fingerprint density at radius 3 is 2.21 bits per heavy atom. The summed E-state index contributed by atoms with van der Waals surface area (Å²) in [7, 11) is -1.40. The highest BCUT2D eigenvalue weighted by Crippen LogP contribution is 2.40. The molecule has 0 aliphatic heterocycles. The van der Waals surface area contributed by atoms with E-state index in [2.05, 4.69) is 16.0 Å². The standard InChI is InChI=1S/C41H42ClF4N5O3S2/c1-51(2)25-22-33(27-55-34-9-4-3-5-10-34)49-36-20-21-37(39(43)38(36)41(44,45)46)56(53,54)50-40(52)29-14-18-32(19-15-29)48-24-23-47-26-30-8-6-7-11-35(30)28-12-16-31(42)17-13-28/h3-21,33,47-49H,22-27H2,1-2H3,(H,50,52)/t33-/m1/s1. The number of amides is 1. The number of carbonyl (C=O) groups is 1. The van der Waals surface area contributed by atoms with Crippen molar-refractivity contribution in [1.82, 2.24) is 14.9 Å². The molecule has 0 spiro atoms. The molecule has 296 valence electrons. The second kappa shape index (κ2) is 19.5. The van der Waals surface area contributed by atoms with Gasteiger partial charge < -0.3 is 20.9 Å². The number of hydrogen-bond donors (Lipinski definition) is 4. The molecule has 0 aliphatic rings. The second-order valence-electron chi connectivity index (χ2n) is 13.1. The van der Waals surface area contributed by atoms with Gasteiger partial charge >= 0.3 is 6.18 Å². The van der Waals surface area contributed by atoms with Crippen LogP contribution < -0.4 is 20.7 Å². The Hall–Kier alpha value is -4.60. The topological polar surface area (TPSA) is 103 Å². The molecule has 0 saturated heterocycles. The Morgan fingerprint density at radius 1 is 0.857 bits per heavy atom. The summed E-state index contributed by atoms with van der Waals surface area (Å²) in [5, 5.41) is 10.1. The van der Waals surface area contributed by atoms with E-state index in [1.54, 1.807) is 16.9 Å². The van der Waals surface area contributed by atoms with E-state index in [0.29, 0.717) is 49.1 Å². The van der Waals surface area contributed by atoms with E-state index in [0.717, 1.165) is 33.7 Å². The first kappa shape index (κ1) is 42.5. The molecule has 0 aliphatic carbocycles. The average Bonchev–Trinajstić information content (AvgIpc) is 3.16. The molecular formula is C41H42ClF4N5O3S2. The van der Waals surface area contributed by atoms with Crippen molar-refractivity contribution < 1.29 is 30.8 Å². The Morgan fingerprint density at radius 2 is 1.54 bits per heavy atom. The van der Waals surface area contributed by atoms with E-state index in [-0.39, 0.29) is 5.56 Å². The number of sulfonamides is 1. The van der Waals surface area contributed by atoms with Crippen molar-refractivity contribution in [3.8, 4) is 11.1 Å². The lowest BCUT2D eigenvalue weighted by Crippen LogP contribution is -2.32. The summed E-state index contributed by atoms with van der Waals surface area (Å²) in [5.74, 6) is -2.78. The molecule has 0 unspecified atom stereocenters. The zero-order valence-corrected chi connectivity index (χ0v) is 33.1. The van der Waals surface area contributed by atoms with Gasteiger partial charge in [-0.15, -0.1) is 11.8 Å². The van der Waals surface area contributed by atoms with Gasteiger partial charge in [0, 0.05) is 58.3 Å². The predicted octanol–water partition coefficient (Wildman–Crippen LogP) is 9.01. The molecule has 5 aromatic carbocycles. The largest absolute Gasteiger partial charge is 0.421 e. The highest BCUT2D eigenvalue weighted by atomic mass is 35.5. The molecule has 1 atom stereocenters. The summed E-state index contributed by atoms with van der Waals surface area (Å²) in [6, 6.07) is 31.9. The molecule has 8 nitrogen and oxygen atoms in total. The number of alkyl halides is 3. The van der Waals surface area contributed by atoms with Crippen LogP contribution in [0.4, 0.5) is 28.9 Å². The number of benzene rings is 5. The molecule has 4 N–H and O–H groups in total. The minimum absolute atomic E-state index is 0.0922. The van der Waals surface area contributed by atoms with Gasteiger partial charge in [-0.2, -0.15) is 13.2 Å². The number of nitrogens with zero attached hydrogens (tertiary/aromatic N) is 1. The second-order valence-corrected chi connectivity index (χ2v) is 16.3. The Bertz CT molecular complexity index is 2180. The fourth-order valence-electron chi connectivity index (χ4n) is 5.79. The molecule has 0 saturated carbocycles. The number of hydrogen-bond acceptors (Lipinski definition) is 8. The highest BCUT2D eigenvalue weighted by molar-refractivity contribution is 7.99. The van der Waals surface area contributed by atoms with Crippen LogP contribution in [0.15, 0.2) is 125 Å². The maximum atomic E-state index is 15.7. The van der Waals surface area contributed by atoms with E-state index < -0.39 is 50.1 Å². The van der Waals surface area contributed by atoms with Gasteiger partial charge in [-0.05, 0) is 104 Å². The Labute approximate surface area is 334 Å². The fourth-order valence-corrected chi connectivity index (χ4v) is 7.96. The van der Waals surface area contributed by atoms with Gasteiger partial charge in [0.2, 0.25) is 0 Å². The lowest BCUT2D eigenvalue weighted by Gasteiger charge is -2.24. The number of carbonyl (C=O) groups excluding carboxylic acids is 1. The van der Waals surface area contributed by atoms with Crippen molar-refractivity contribution in [3.05, 3.63) is 143 Å². The summed E-state index contributed by atoms with van der Waals surface area (Å²) in [6.45, 7) is 2.27. The smallest absolute Gasteiger partial charge is 0.384 e. The highest BCUT2D eigenvalue weighted by Gasteiger charge is 2.40.